The van der Waals surface area contributed by atoms with Crippen LogP contribution in [0.5, 0.6) is 0 Å². The van der Waals surface area contributed by atoms with Gasteiger partial charge in [-0.2, -0.15) is 12.6 Å². The third-order valence-electron chi connectivity index (χ3n) is 3.62. The monoisotopic (exact) mass is 423 g/mol. The van der Waals surface area contributed by atoms with Gasteiger partial charge in [-0.25, -0.2) is 0 Å². The van der Waals surface area contributed by atoms with E-state index in [0.717, 1.165) is 24.6 Å². The Labute approximate surface area is 168 Å². The second kappa shape index (κ2) is 16.5. The minimum absolute atomic E-state index is 0.0109. The topological polar surface area (TPSA) is 81.7 Å². The first kappa shape index (κ1) is 25.3. The van der Waals surface area contributed by atoms with Gasteiger partial charge in [0.25, 0.3) is 5.24 Å². The van der Waals surface area contributed by atoms with E-state index in [-0.39, 0.29) is 49.2 Å². The molecular formula is C17H33NO5S2Si. The van der Waals surface area contributed by atoms with Crippen LogP contribution in [-0.2, 0) is 19.1 Å². The van der Waals surface area contributed by atoms with Gasteiger partial charge in [-0.1, -0.05) is 37.8 Å². The first-order valence-corrected chi connectivity index (χ1v) is 14.0. The summed E-state index contributed by atoms with van der Waals surface area (Å²) in [5, 5.41) is 2.76. The Kier molecular flexibility index (Phi) is 16.1. The van der Waals surface area contributed by atoms with Crippen LogP contribution in [-0.4, -0.2) is 57.2 Å². The Morgan fingerprint density at radius 3 is 2.27 bits per heavy atom. The Hall–Kier alpha value is -0.673. The first-order valence-electron chi connectivity index (χ1n) is 9.21. The van der Waals surface area contributed by atoms with Crippen molar-refractivity contribution in [2.75, 3.05) is 31.3 Å². The quantitative estimate of drug-likeness (QED) is 0.193. The molecule has 26 heavy (non-hydrogen) atoms. The number of carbonyl (C=O) groups is 3. The average Bonchev–Trinajstić information content (AvgIpc) is 2.59. The van der Waals surface area contributed by atoms with Crippen molar-refractivity contribution in [3.05, 3.63) is 0 Å². The van der Waals surface area contributed by atoms with Gasteiger partial charge in [-0.15, -0.1) is 0 Å². The molecule has 0 aliphatic carbocycles. The lowest BCUT2D eigenvalue weighted by Gasteiger charge is -2.15. The van der Waals surface area contributed by atoms with Crippen molar-refractivity contribution >= 4 is 50.4 Å². The van der Waals surface area contributed by atoms with Gasteiger partial charge < -0.3 is 14.8 Å². The SMILES string of the molecule is CCC(COC(=O)CCS)COC(=O)CCSC(=O)NCCC[SiH](C)C. The maximum absolute atomic E-state index is 11.7. The highest BCUT2D eigenvalue weighted by Gasteiger charge is 2.13. The van der Waals surface area contributed by atoms with Crippen molar-refractivity contribution in [3.63, 3.8) is 0 Å². The van der Waals surface area contributed by atoms with E-state index < -0.39 is 8.80 Å². The number of esters is 2. The van der Waals surface area contributed by atoms with Crippen molar-refractivity contribution in [1.82, 2.24) is 5.32 Å². The van der Waals surface area contributed by atoms with Crippen LogP contribution in [0.3, 0.4) is 0 Å². The molecule has 0 aromatic heterocycles. The number of carbonyl (C=O) groups excluding carboxylic acids is 3. The normalized spacial score (nSPS) is 11.9. The summed E-state index contributed by atoms with van der Waals surface area (Å²) in [7, 11) is -0.554. The molecule has 9 heteroatoms. The summed E-state index contributed by atoms with van der Waals surface area (Å²) in [6.07, 6.45) is 2.23. The molecule has 1 amide bonds. The van der Waals surface area contributed by atoms with E-state index in [9.17, 15) is 14.4 Å². The lowest BCUT2D eigenvalue weighted by Crippen LogP contribution is -2.22. The van der Waals surface area contributed by atoms with Crippen molar-refractivity contribution in [1.29, 1.82) is 0 Å². The number of ether oxygens (including phenoxy) is 2. The van der Waals surface area contributed by atoms with E-state index in [4.69, 9.17) is 9.47 Å². The van der Waals surface area contributed by atoms with Crippen molar-refractivity contribution in [2.24, 2.45) is 5.92 Å². The second-order valence-electron chi connectivity index (χ2n) is 6.46. The Bertz CT molecular complexity index is 424. The lowest BCUT2D eigenvalue weighted by atomic mass is 10.1. The number of rotatable bonds is 14. The van der Waals surface area contributed by atoms with Crippen LogP contribution in [0.25, 0.3) is 0 Å². The molecule has 0 heterocycles. The predicted molar refractivity (Wildman–Crippen MR) is 113 cm³/mol. The third kappa shape index (κ3) is 15.6. The molecule has 1 N–H and O–H groups in total. The summed E-state index contributed by atoms with van der Waals surface area (Å²) in [5.41, 5.74) is 0. The highest BCUT2D eigenvalue weighted by molar-refractivity contribution is 8.13. The van der Waals surface area contributed by atoms with Crippen LogP contribution in [0, 0.1) is 5.92 Å². The number of nitrogens with one attached hydrogen (secondary N) is 1. The summed E-state index contributed by atoms with van der Waals surface area (Å²) in [6, 6.07) is 1.22. The summed E-state index contributed by atoms with van der Waals surface area (Å²) in [4.78, 5) is 34.7. The van der Waals surface area contributed by atoms with Crippen molar-refractivity contribution in [3.8, 4) is 0 Å². The highest BCUT2D eigenvalue weighted by Crippen LogP contribution is 2.08. The van der Waals surface area contributed by atoms with Gasteiger partial charge in [0.15, 0.2) is 0 Å². The second-order valence-corrected chi connectivity index (χ2v) is 11.3. The van der Waals surface area contributed by atoms with E-state index in [1.807, 2.05) is 6.92 Å². The smallest absolute Gasteiger partial charge is 0.306 e. The molecule has 0 saturated carbocycles. The van der Waals surface area contributed by atoms with E-state index in [1.165, 1.54) is 6.04 Å². The molecule has 0 saturated heterocycles. The minimum atomic E-state index is -0.554. The number of hydrogen-bond acceptors (Lipinski definition) is 7. The molecule has 0 aliphatic heterocycles. The zero-order valence-corrected chi connectivity index (χ0v) is 19.0. The van der Waals surface area contributed by atoms with Crippen LogP contribution in [0.2, 0.25) is 19.1 Å². The van der Waals surface area contributed by atoms with Gasteiger partial charge in [0.05, 0.1) is 26.1 Å². The van der Waals surface area contributed by atoms with Gasteiger partial charge in [-0.05, 0) is 12.8 Å². The Balaban J connectivity index is 3.76. The molecule has 152 valence electrons. The van der Waals surface area contributed by atoms with Gasteiger partial charge in [0, 0.05) is 32.8 Å². The van der Waals surface area contributed by atoms with E-state index in [2.05, 4.69) is 31.0 Å². The van der Waals surface area contributed by atoms with Gasteiger partial charge in [0.2, 0.25) is 0 Å². The molecule has 0 radical (unpaired) electrons. The fourth-order valence-corrected chi connectivity index (χ4v) is 3.78. The molecule has 0 fully saturated rings. The van der Waals surface area contributed by atoms with Crippen LogP contribution >= 0.6 is 24.4 Å². The molecule has 1 unspecified atom stereocenters. The third-order valence-corrected chi connectivity index (χ3v) is 6.22. The van der Waals surface area contributed by atoms with Crippen LogP contribution in [0.4, 0.5) is 4.79 Å². The fraction of sp³-hybridized carbons (Fsp3) is 0.824. The molecule has 0 rings (SSSR count). The van der Waals surface area contributed by atoms with Gasteiger partial charge in [-0.3, -0.25) is 14.4 Å². The number of hydrogen-bond donors (Lipinski definition) is 2. The largest absolute Gasteiger partial charge is 0.465 e. The van der Waals surface area contributed by atoms with E-state index in [1.54, 1.807) is 0 Å². The fourth-order valence-electron chi connectivity index (χ4n) is 1.92. The molecule has 0 bridgehead atoms. The molecule has 1 atom stereocenters. The van der Waals surface area contributed by atoms with Gasteiger partial charge >= 0.3 is 11.9 Å². The summed E-state index contributed by atoms with van der Waals surface area (Å²) < 4.78 is 10.3. The number of thiol groups is 1. The predicted octanol–water partition coefficient (Wildman–Crippen LogP) is 3.13. The summed E-state index contributed by atoms with van der Waals surface area (Å²) in [5.74, 6) is 0.217. The number of thioether (sulfide) groups is 1. The van der Waals surface area contributed by atoms with Crippen molar-refractivity contribution in [2.45, 2.75) is 51.7 Å². The first-order chi connectivity index (χ1) is 12.4. The zero-order chi connectivity index (χ0) is 19.8. The zero-order valence-electron chi connectivity index (χ0n) is 16.1. The Morgan fingerprint density at radius 1 is 1.12 bits per heavy atom. The standard InChI is InChI=1S/C17H33NO5S2Si/c1-4-14(12-22-15(19)6-9-24)13-23-16(20)7-10-25-17(21)18-8-5-11-26(2)3/h14,24,26H,4-13H2,1-3H3,(H,18,21). The van der Waals surface area contributed by atoms with Crippen molar-refractivity contribution < 1.29 is 23.9 Å². The maximum atomic E-state index is 11.7. The minimum Gasteiger partial charge on any atom is -0.465 e. The molecule has 0 aliphatic rings. The summed E-state index contributed by atoms with van der Waals surface area (Å²) >= 11 is 5.08. The molecule has 0 spiro atoms. The molecular weight excluding hydrogens is 390 g/mol. The Morgan fingerprint density at radius 2 is 1.73 bits per heavy atom. The maximum Gasteiger partial charge on any atom is 0.306 e. The molecule has 0 aromatic carbocycles. The lowest BCUT2D eigenvalue weighted by molar-refractivity contribution is -0.148. The van der Waals surface area contributed by atoms with Crippen LogP contribution in [0.1, 0.15) is 32.6 Å². The van der Waals surface area contributed by atoms with Crippen LogP contribution in [0.15, 0.2) is 0 Å². The van der Waals surface area contributed by atoms with E-state index in [0.29, 0.717) is 18.1 Å². The van der Waals surface area contributed by atoms with Gasteiger partial charge in [0.1, 0.15) is 0 Å². The highest BCUT2D eigenvalue weighted by atomic mass is 32.2. The number of amides is 1. The average molecular weight is 424 g/mol. The van der Waals surface area contributed by atoms with Crippen LogP contribution < -0.4 is 5.32 Å². The molecule has 0 aromatic rings. The van der Waals surface area contributed by atoms with E-state index >= 15 is 0 Å². The summed E-state index contributed by atoms with van der Waals surface area (Å²) in [6.45, 7) is 7.69. The molecule has 6 nitrogen and oxygen atoms in total.